The molecule has 0 amide bonds. The van der Waals surface area contributed by atoms with Crippen LogP contribution in [-0.2, 0) is 6.61 Å². The van der Waals surface area contributed by atoms with E-state index in [9.17, 15) is 5.11 Å². The zero-order chi connectivity index (χ0) is 12.7. The van der Waals surface area contributed by atoms with E-state index < -0.39 is 0 Å². The molecule has 0 saturated carbocycles. The van der Waals surface area contributed by atoms with E-state index >= 15 is 0 Å². The first kappa shape index (κ1) is 12.0. The molecule has 6 heteroatoms. The molecular weight excluding hydrogens is 291 g/mol. The predicted octanol–water partition coefficient (Wildman–Crippen LogP) is 3.86. The maximum absolute atomic E-state index is 9.32. The number of fused-ring (bicyclic) bond motifs is 1. The number of aromatic nitrogens is 2. The van der Waals surface area contributed by atoms with Crippen molar-refractivity contribution in [3.8, 4) is 11.3 Å². The Morgan fingerprint density at radius 3 is 2.89 bits per heavy atom. The molecule has 3 rings (SSSR count). The van der Waals surface area contributed by atoms with Crippen molar-refractivity contribution >= 4 is 39.5 Å². The zero-order valence-corrected chi connectivity index (χ0v) is 11.4. The van der Waals surface area contributed by atoms with E-state index in [-0.39, 0.29) is 6.61 Å². The number of hydrogen-bond acceptors (Lipinski definition) is 3. The van der Waals surface area contributed by atoms with Crippen molar-refractivity contribution in [2.75, 3.05) is 0 Å². The predicted molar refractivity (Wildman–Crippen MR) is 74.4 cm³/mol. The number of hydrogen-bond donors (Lipinski definition) is 1. The first-order chi connectivity index (χ1) is 8.70. The van der Waals surface area contributed by atoms with E-state index in [0.29, 0.717) is 10.0 Å². The Morgan fingerprint density at radius 2 is 2.17 bits per heavy atom. The van der Waals surface area contributed by atoms with Gasteiger partial charge < -0.3 is 5.11 Å². The van der Waals surface area contributed by atoms with Crippen LogP contribution in [0.1, 0.15) is 5.69 Å². The van der Waals surface area contributed by atoms with E-state index in [1.54, 1.807) is 18.3 Å². The smallest absolute Gasteiger partial charge is 0.194 e. The molecular formula is C12H8Cl2N2OS. The molecule has 2 heterocycles. The lowest BCUT2D eigenvalue weighted by atomic mass is 10.2. The van der Waals surface area contributed by atoms with Gasteiger partial charge in [0.25, 0.3) is 0 Å². The molecule has 0 aliphatic carbocycles. The van der Waals surface area contributed by atoms with E-state index in [4.69, 9.17) is 23.2 Å². The Hall–Kier alpha value is -1.07. The SMILES string of the molecule is OCc1cnc2scc(-c3ccc(Cl)cc3Cl)n12. The third-order valence-corrected chi connectivity index (χ3v) is 4.08. The summed E-state index contributed by atoms with van der Waals surface area (Å²) in [6.07, 6.45) is 1.67. The van der Waals surface area contributed by atoms with Gasteiger partial charge in [-0.15, -0.1) is 11.3 Å². The lowest BCUT2D eigenvalue weighted by molar-refractivity contribution is 0.276. The summed E-state index contributed by atoms with van der Waals surface area (Å²) in [6, 6.07) is 5.37. The van der Waals surface area contributed by atoms with Gasteiger partial charge in [-0.05, 0) is 18.2 Å². The van der Waals surface area contributed by atoms with Crippen molar-refractivity contribution in [1.29, 1.82) is 0 Å². The second-order valence-corrected chi connectivity index (χ2v) is 5.45. The van der Waals surface area contributed by atoms with Crippen LogP contribution >= 0.6 is 34.5 Å². The highest BCUT2D eigenvalue weighted by atomic mass is 35.5. The van der Waals surface area contributed by atoms with Crippen molar-refractivity contribution < 1.29 is 5.11 Å². The van der Waals surface area contributed by atoms with Crippen molar-refractivity contribution in [3.05, 3.63) is 45.5 Å². The second kappa shape index (κ2) is 4.55. The molecule has 1 aromatic carbocycles. The molecule has 0 saturated heterocycles. The minimum Gasteiger partial charge on any atom is -0.390 e. The molecule has 0 atom stereocenters. The Bertz CT molecular complexity index is 720. The van der Waals surface area contributed by atoms with Crippen LogP contribution in [-0.4, -0.2) is 14.5 Å². The van der Waals surface area contributed by atoms with Crippen molar-refractivity contribution in [3.63, 3.8) is 0 Å². The standard InChI is InChI=1S/C12H8Cl2N2OS/c13-7-1-2-9(10(14)3-7)11-6-18-12-15-4-8(5-17)16(11)12/h1-4,6,17H,5H2. The minimum atomic E-state index is -0.0594. The first-order valence-electron chi connectivity index (χ1n) is 5.21. The minimum absolute atomic E-state index is 0.0594. The molecule has 18 heavy (non-hydrogen) atoms. The van der Waals surface area contributed by atoms with Gasteiger partial charge in [-0.1, -0.05) is 23.2 Å². The average molecular weight is 299 g/mol. The number of benzene rings is 1. The van der Waals surface area contributed by atoms with Gasteiger partial charge in [0.2, 0.25) is 0 Å². The van der Waals surface area contributed by atoms with Gasteiger partial charge in [0, 0.05) is 16.0 Å². The topological polar surface area (TPSA) is 37.5 Å². The third kappa shape index (κ3) is 1.82. The normalized spacial score (nSPS) is 11.3. The number of thiazole rings is 1. The lowest BCUT2D eigenvalue weighted by Gasteiger charge is -2.05. The lowest BCUT2D eigenvalue weighted by Crippen LogP contribution is -1.93. The number of rotatable bonds is 2. The Labute approximate surface area is 117 Å². The molecule has 3 nitrogen and oxygen atoms in total. The Kier molecular flexibility index (Phi) is 3.03. The van der Waals surface area contributed by atoms with Crippen LogP contribution in [0.2, 0.25) is 10.0 Å². The molecule has 1 N–H and O–H groups in total. The monoisotopic (exact) mass is 298 g/mol. The van der Waals surface area contributed by atoms with Crippen LogP contribution in [0.5, 0.6) is 0 Å². The molecule has 0 spiro atoms. The zero-order valence-electron chi connectivity index (χ0n) is 9.10. The summed E-state index contributed by atoms with van der Waals surface area (Å²) < 4.78 is 1.90. The van der Waals surface area contributed by atoms with Gasteiger partial charge >= 0.3 is 0 Å². The van der Waals surface area contributed by atoms with E-state index in [2.05, 4.69) is 4.98 Å². The molecule has 0 radical (unpaired) electrons. The Balaban J connectivity index is 2.27. The summed E-state index contributed by atoms with van der Waals surface area (Å²) in [4.78, 5) is 5.07. The highest BCUT2D eigenvalue weighted by Crippen LogP contribution is 2.33. The molecule has 0 aliphatic heterocycles. The van der Waals surface area contributed by atoms with Crippen LogP contribution in [0.4, 0.5) is 0 Å². The molecule has 2 aromatic heterocycles. The van der Waals surface area contributed by atoms with Gasteiger partial charge in [-0.3, -0.25) is 4.40 Å². The van der Waals surface area contributed by atoms with Crippen molar-refractivity contribution in [2.24, 2.45) is 0 Å². The van der Waals surface area contributed by atoms with Crippen LogP contribution < -0.4 is 0 Å². The maximum Gasteiger partial charge on any atom is 0.194 e. The van der Waals surface area contributed by atoms with Gasteiger partial charge in [-0.25, -0.2) is 4.98 Å². The molecule has 0 unspecified atom stereocenters. The average Bonchev–Trinajstić information content (AvgIpc) is 2.90. The van der Waals surface area contributed by atoms with Gasteiger partial charge in [0.1, 0.15) is 0 Å². The van der Waals surface area contributed by atoms with Crippen LogP contribution in [0.3, 0.4) is 0 Å². The van der Waals surface area contributed by atoms with Gasteiger partial charge in [-0.2, -0.15) is 0 Å². The first-order valence-corrected chi connectivity index (χ1v) is 6.84. The number of aliphatic hydroxyl groups excluding tert-OH is 1. The van der Waals surface area contributed by atoms with E-state index in [0.717, 1.165) is 21.9 Å². The van der Waals surface area contributed by atoms with Crippen molar-refractivity contribution in [1.82, 2.24) is 9.38 Å². The Morgan fingerprint density at radius 1 is 1.33 bits per heavy atom. The van der Waals surface area contributed by atoms with Gasteiger partial charge in [0.05, 0.1) is 29.2 Å². The van der Waals surface area contributed by atoms with E-state index in [1.807, 2.05) is 15.8 Å². The highest BCUT2D eigenvalue weighted by Gasteiger charge is 2.13. The molecule has 3 aromatic rings. The second-order valence-electron chi connectivity index (χ2n) is 3.77. The molecule has 92 valence electrons. The quantitative estimate of drug-likeness (QED) is 0.780. The maximum atomic E-state index is 9.32. The van der Waals surface area contributed by atoms with Crippen molar-refractivity contribution in [2.45, 2.75) is 6.61 Å². The molecule has 0 fully saturated rings. The molecule has 0 aliphatic rings. The summed E-state index contributed by atoms with van der Waals surface area (Å²) in [7, 11) is 0. The highest BCUT2D eigenvalue weighted by molar-refractivity contribution is 7.15. The fourth-order valence-electron chi connectivity index (χ4n) is 1.86. The number of imidazole rings is 1. The number of nitrogens with zero attached hydrogens (tertiary/aromatic N) is 2. The van der Waals surface area contributed by atoms with Crippen LogP contribution in [0.25, 0.3) is 16.2 Å². The number of aliphatic hydroxyl groups is 1. The fourth-order valence-corrected chi connectivity index (χ4v) is 3.25. The summed E-state index contributed by atoms with van der Waals surface area (Å²) in [6.45, 7) is -0.0594. The van der Waals surface area contributed by atoms with Crippen LogP contribution in [0, 0.1) is 0 Å². The van der Waals surface area contributed by atoms with Gasteiger partial charge in [0.15, 0.2) is 4.96 Å². The largest absolute Gasteiger partial charge is 0.390 e. The summed E-state index contributed by atoms with van der Waals surface area (Å²) in [5.41, 5.74) is 2.53. The van der Waals surface area contributed by atoms with E-state index in [1.165, 1.54) is 11.3 Å². The summed E-state index contributed by atoms with van der Waals surface area (Å²) in [5.74, 6) is 0. The summed E-state index contributed by atoms with van der Waals surface area (Å²) in [5, 5.41) is 12.5. The molecule has 0 bridgehead atoms. The summed E-state index contributed by atoms with van der Waals surface area (Å²) >= 11 is 13.6. The number of halogens is 2. The van der Waals surface area contributed by atoms with Crippen LogP contribution in [0.15, 0.2) is 29.8 Å². The fraction of sp³-hybridized carbons (Fsp3) is 0.0833. The third-order valence-electron chi connectivity index (χ3n) is 2.69.